The molecule has 1 aliphatic heterocycles. The van der Waals surface area contributed by atoms with Crippen molar-refractivity contribution in [1.29, 1.82) is 0 Å². The average molecular weight is 344 g/mol. The number of alkyl halides is 2. The first-order valence-electron chi connectivity index (χ1n) is 7.64. The number of para-hydroxylation sites is 1. The van der Waals surface area contributed by atoms with Crippen molar-refractivity contribution in [1.82, 2.24) is 9.88 Å². The van der Waals surface area contributed by atoms with E-state index >= 15 is 0 Å². The highest BCUT2D eigenvalue weighted by Gasteiger charge is 2.40. The average Bonchev–Trinajstić information content (AvgIpc) is 3.22. The van der Waals surface area contributed by atoms with Crippen LogP contribution in [0.3, 0.4) is 0 Å². The molecule has 0 saturated carbocycles. The summed E-state index contributed by atoms with van der Waals surface area (Å²) in [6.45, 7) is -0.437. The Hall–Kier alpha value is -2.34. The molecule has 6 heteroatoms. The summed E-state index contributed by atoms with van der Waals surface area (Å²) in [5.74, 6) is -3.15. The summed E-state index contributed by atoms with van der Waals surface area (Å²) in [5.41, 5.74) is 1.82. The summed E-state index contributed by atoms with van der Waals surface area (Å²) in [4.78, 5) is 19.6. The van der Waals surface area contributed by atoms with Gasteiger partial charge >= 0.3 is 0 Å². The lowest BCUT2D eigenvalue weighted by molar-refractivity contribution is 0.0120. The van der Waals surface area contributed by atoms with E-state index in [2.05, 4.69) is 4.98 Å². The zero-order valence-electron chi connectivity index (χ0n) is 12.7. The summed E-state index contributed by atoms with van der Waals surface area (Å²) in [7, 11) is 0. The number of pyridine rings is 1. The predicted octanol–water partition coefficient (Wildman–Crippen LogP) is 4.44. The number of aromatic nitrogens is 1. The van der Waals surface area contributed by atoms with Crippen molar-refractivity contribution in [2.75, 3.05) is 13.1 Å². The Morgan fingerprint density at radius 1 is 1.21 bits per heavy atom. The van der Waals surface area contributed by atoms with E-state index in [9.17, 15) is 13.6 Å². The van der Waals surface area contributed by atoms with E-state index in [0.717, 1.165) is 4.88 Å². The number of carbonyl (C=O) groups is 1. The second kappa shape index (κ2) is 5.63. The van der Waals surface area contributed by atoms with Crippen molar-refractivity contribution < 1.29 is 13.6 Å². The summed E-state index contributed by atoms with van der Waals surface area (Å²) in [6.07, 6.45) is -0.278. The third kappa shape index (κ3) is 2.67. The largest absolute Gasteiger partial charge is 0.332 e. The van der Waals surface area contributed by atoms with Crippen LogP contribution < -0.4 is 0 Å². The van der Waals surface area contributed by atoms with Crippen LogP contribution in [0.15, 0.2) is 47.8 Å². The topological polar surface area (TPSA) is 33.2 Å². The van der Waals surface area contributed by atoms with Gasteiger partial charge in [0.15, 0.2) is 0 Å². The van der Waals surface area contributed by atoms with Crippen LogP contribution in [-0.4, -0.2) is 34.8 Å². The molecule has 3 nitrogen and oxygen atoms in total. The quantitative estimate of drug-likeness (QED) is 0.688. The second-order valence-electron chi connectivity index (χ2n) is 5.88. The zero-order chi connectivity index (χ0) is 16.7. The highest BCUT2D eigenvalue weighted by atomic mass is 32.1. The molecule has 3 aromatic rings. The predicted molar refractivity (Wildman–Crippen MR) is 90.5 cm³/mol. The monoisotopic (exact) mass is 344 g/mol. The van der Waals surface area contributed by atoms with Crippen molar-refractivity contribution in [3.8, 4) is 10.6 Å². The van der Waals surface area contributed by atoms with Crippen molar-refractivity contribution in [2.24, 2.45) is 0 Å². The Kier molecular flexibility index (Phi) is 3.57. The first kappa shape index (κ1) is 15.2. The molecule has 2 aromatic heterocycles. The zero-order valence-corrected chi connectivity index (χ0v) is 13.5. The Morgan fingerprint density at radius 2 is 2.04 bits per heavy atom. The van der Waals surface area contributed by atoms with Gasteiger partial charge in [-0.05, 0) is 23.6 Å². The molecule has 1 fully saturated rings. The van der Waals surface area contributed by atoms with Gasteiger partial charge in [0.25, 0.3) is 11.8 Å². The molecule has 0 unspecified atom stereocenters. The molecule has 122 valence electrons. The summed E-state index contributed by atoms with van der Waals surface area (Å²) in [6, 6.07) is 12.9. The van der Waals surface area contributed by atoms with E-state index in [4.69, 9.17) is 0 Å². The van der Waals surface area contributed by atoms with Gasteiger partial charge < -0.3 is 4.90 Å². The summed E-state index contributed by atoms with van der Waals surface area (Å²) in [5, 5.41) is 2.63. The van der Waals surface area contributed by atoms with Gasteiger partial charge in [-0.25, -0.2) is 13.8 Å². The molecular weight excluding hydrogens is 330 g/mol. The van der Waals surface area contributed by atoms with Crippen LogP contribution in [-0.2, 0) is 0 Å². The van der Waals surface area contributed by atoms with Crippen molar-refractivity contribution in [2.45, 2.75) is 12.3 Å². The van der Waals surface area contributed by atoms with Crippen LogP contribution in [0.2, 0.25) is 0 Å². The van der Waals surface area contributed by atoms with Crippen LogP contribution in [0.5, 0.6) is 0 Å². The number of likely N-dealkylation sites (tertiary alicyclic amines) is 1. The van der Waals surface area contributed by atoms with E-state index in [1.54, 1.807) is 6.07 Å². The number of amides is 1. The van der Waals surface area contributed by atoms with Gasteiger partial charge in [0, 0.05) is 18.4 Å². The number of hydrogen-bond acceptors (Lipinski definition) is 3. The van der Waals surface area contributed by atoms with E-state index in [0.29, 0.717) is 22.2 Å². The molecule has 0 atom stereocenters. The minimum Gasteiger partial charge on any atom is -0.332 e. The van der Waals surface area contributed by atoms with Gasteiger partial charge in [-0.1, -0.05) is 24.3 Å². The van der Waals surface area contributed by atoms with Crippen LogP contribution in [0, 0.1) is 0 Å². The number of rotatable bonds is 2. The minimum atomic E-state index is -2.80. The lowest BCUT2D eigenvalue weighted by Gasteiger charge is -2.17. The van der Waals surface area contributed by atoms with Gasteiger partial charge in [-0.3, -0.25) is 4.79 Å². The van der Waals surface area contributed by atoms with E-state index in [1.165, 1.54) is 16.2 Å². The van der Waals surface area contributed by atoms with E-state index in [1.807, 2.05) is 41.8 Å². The van der Waals surface area contributed by atoms with Crippen LogP contribution in [0.1, 0.15) is 16.8 Å². The molecule has 0 radical (unpaired) electrons. The molecule has 1 saturated heterocycles. The van der Waals surface area contributed by atoms with Gasteiger partial charge in [0.1, 0.15) is 0 Å². The Bertz CT molecular complexity index is 909. The fraction of sp³-hybridized carbons (Fsp3) is 0.222. The molecule has 0 spiro atoms. The van der Waals surface area contributed by atoms with Gasteiger partial charge in [-0.15, -0.1) is 11.3 Å². The molecule has 1 amide bonds. The van der Waals surface area contributed by atoms with Crippen molar-refractivity contribution >= 4 is 28.1 Å². The molecule has 3 heterocycles. The SMILES string of the molecule is O=C(c1cc(-c2cccs2)nc2ccccc12)N1CCC(F)(F)C1. The van der Waals surface area contributed by atoms with Crippen LogP contribution in [0.25, 0.3) is 21.5 Å². The Morgan fingerprint density at radius 3 is 2.75 bits per heavy atom. The Labute approximate surface area is 141 Å². The maximum Gasteiger partial charge on any atom is 0.267 e. The Balaban J connectivity index is 1.83. The number of carbonyl (C=O) groups excluding carboxylic acids is 1. The normalized spacial score (nSPS) is 16.7. The fourth-order valence-corrected chi connectivity index (χ4v) is 3.67. The van der Waals surface area contributed by atoms with E-state index < -0.39 is 12.5 Å². The second-order valence-corrected chi connectivity index (χ2v) is 6.83. The number of hydrogen-bond donors (Lipinski definition) is 0. The maximum atomic E-state index is 13.5. The molecule has 1 aliphatic rings. The van der Waals surface area contributed by atoms with Gasteiger partial charge in [0.2, 0.25) is 0 Å². The molecule has 24 heavy (non-hydrogen) atoms. The molecule has 0 N–H and O–H groups in total. The highest BCUT2D eigenvalue weighted by molar-refractivity contribution is 7.13. The number of benzene rings is 1. The minimum absolute atomic E-state index is 0.0802. The third-order valence-electron chi connectivity index (χ3n) is 4.18. The molecule has 0 aliphatic carbocycles. The lowest BCUT2D eigenvalue weighted by atomic mass is 10.1. The summed E-state index contributed by atoms with van der Waals surface area (Å²) < 4.78 is 27.0. The molecule has 1 aromatic carbocycles. The maximum absolute atomic E-state index is 13.5. The van der Waals surface area contributed by atoms with Gasteiger partial charge in [-0.2, -0.15) is 0 Å². The lowest BCUT2D eigenvalue weighted by Crippen LogP contribution is -2.31. The van der Waals surface area contributed by atoms with Crippen LogP contribution >= 0.6 is 11.3 Å². The van der Waals surface area contributed by atoms with Gasteiger partial charge in [0.05, 0.1) is 28.2 Å². The highest BCUT2D eigenvalue weighted by Crippen LogP contribution is 2.31. The first-order chi connectivity index (χ1) is 11.5. The number of thiophene rings is 1. The van der Waals surface area contributed by atoms with Crippen molar-refractivity contribution in [3.63, 3.8) is 0 Å². The smallest absolute Gasteiger partial charge is 0.267 e. The number of fused-ring (bicyclic) bond motifs is 1. The summed E-state index contributed by atoms with van der Waals surface area (Å²) >= 11 is 1.53. The fourth-order valence-electron chi connectivity index (χ4n) is 2.98. The standard InChI is InChI=1S/C18H14F2N2OS/c19-18(20)7-8-22(11-18)17(23)13-10-15(16-6-3-9-24-16)21-14-5-2-1-4-12(13)14/h1-6,9-10H,7-8,11H2. The molecular formula is C18H14F2N2OS. The van der Waals surface area contributed by atoms with E-state index in [-0.39, 0.29) is 18.9 Å². The third-order valence-corrected chi connectivity index (χ3v) is 5.07. The molecule has 0 bridgehead atoms. The van der Waals surface area contributed by atoms with Crippen LogP contribution in [0.4, 0.5) is 8.78 Å². The number of halogens is 2. The van der Waals surface area contributed by atoms with Crippen molar-refractivity contribution in [3.05, 3.63) is 53.4 Å². The number of nitrogens with zero attached hydrogens (tertiary/aromatic N) is 2. The first-order valence-corrected chi connectivity index (χ1v) is 8.52. The molecule has 4 rings (SSSR count).